The molecule has 2 N–H and O–H groups in total. The zero-order valence-electron chi connectivity index (χ0n) is 10.1. The molecule has 7 nitrogen and oxygen atoms in total. The number of nitrogens with zero attached hydrogens (tertiary/aromatic N) is 1. The van der Waals surface area contributed by atoms with Crippen LogP contribution < -0.4 is 5.32 Å². The number of β-lactam (4-membered cyclic amide) rings is 1. The molecular formula is C10H10Br2N2O5S. The molecule has 2 amide bonds. The van der Waals surface area contributed by atoms with Gasteiger partial charge in [-0.15, -0.1) is 11.8 Å². The first-order valence-corrected chi connectivity index (χ1v) is 8.30. The molecule has 2 aliphatic heterocycles. The number of carboxylic acids is 1. The van der Waals surface area contributed by atoms with Crippen LogP contribution in [0.25, 0.3) is 0 Å². The lowest BCUT2D eigenvalue weighted by Gasteiger charge is -2.48. The summed E-state index contributed by atoms with van der Waals surface area (Å²) < 4.78 is 4.40. The van der Waals surface area contributed by atoms with Crippen molar-refractivity contribution in [2.75, 3.05) is 12.9 Å². The third-order valence-corrected chi connectivity index (χ3v) is 4.96. The molecule has 0 aromatic carbocycles. The Morgan fingerprint density at radius 1 is 1.55 bits per heavy atom. The molecule has 0 spiro atoms. The van der Waals surface area contributed by atoms with Crippen molar-refractivity contribution >= 4 is 61.4 Å². The Morgan fingerprint density at radius 2 is 2.20 bits per heavy atom. The summed E-state index contributed by atoms with van der Waals surface area (Å²) in [4.78, 5) is 36.0. The average molecular weight is 430 g/mol. The van der Waals surface area contributed by atoms with Crippen molar-refractivity contribution in [1.29, 1.82) is 0 Å². The Bertz CT molecular complexity index is 510. The van der Waals surface area contributed by atoms with Crippen LogP contribution in [0.2, 0.25) is 0 Å². The van der Waals surface area contributed by atoms with Crippen molar-refractivity contribution in [3.05, 3.63) is 11.5 Å². The summed E-state index contributed by atoms with van der Waals surface area (Å²) in [6, 6.07) is -0.724. The van der Waals surface area contributed by atoms with E-state index in [1.54, 1.807) is 0 Å². The first-order chi connectivity index (χ1) is 9.38. The third kappa shape index (κ3) is 2.56. The zero-order chi connectivity index (χ0) is 15.0. The number of hydrogen-bond acceptors (Lipinski definition) is 5. The second kappa shape index (κ2) is 5.94. The predicted octanol–water partition coefficient (Wildman–Crippen LogP) is 0.445. The Morgan fingerprint density at radius 3 is 2.70 bits per heavy atom. The third-order valence-electron chi connectivity index (χ3n) is 2.88. The number of thioether (sulfide) groups is 1. The lowest BCUT2D eigenvalue weighted by molar-refractivity contribution is -0.151. The number of methoxy groups -OCH3 is 1. The summed E-state index contributed by atoms with van der Waals surface area (Å²) in [5, 5.41) is 11.3. The van der Waals surface area contributed by atoms with Gasteiger partial charge in [0.25, 0.3) is 5.91 Å². The largest absolute Gasteiger partial charge is 0.498 e. The molecule has 20 heavy (non-hydrogen) atoms. The standard InChI is InChI=1S/C10H10Br2N2O5S/c1-19-3-2-20-9-4(13-7(15)6(11)12)8(16)14(9)5(3)10(17)18/h4,6,9H,2H2,1H3,(H,13,15)(H,17,18)/t4-,9-/m1/s1. The molecule has 2 heterocycles. The van der Waals surface area contributed by atoms with E-state index in [9.17, 15) is 19.5 Å². The number of halogens is 2. The first kappa shape index (κ1) is 15.6. The minimum absolute atomic E-state index is 0.152. The van der Waals surface area contributed by atoms with E-state index >= 15 is 0 Å². The molecule has 2 atom stereocenters. The van der Waals surface area contributed by atoms with Crippen LogP contribution in [0.3, 0.4) is 0 Å². The monoisotopic (exact) mass is 428 g/mol. The maximum atomic E-state index is 12.0. The van der Waals surface area contributed by atoms with Crippen LogP contribution in [0.1, 0.15) is 0 Å². The maximum Gasteiger partial charge on any atom is 0.356 e. The summed E-state index contributed by atoms with van der Waals surface area (Å²) >= 11 is 7.42. The minimum atomic E-state index is -1.22. The van der Waals surface area contributed by atoms with Crippen LogP contribution in [-0.4, -0.2) is 55.8 Å². The lowest BCUT2D eigenvalue weighted by atomic mass is 10.0. The van der Waals surface area contributed by atoms with E-state index in [-0.39, 0.29) is 17.4 Å². The van der Waals surface area contributed by atoms with Crippen LogP contribution in [0, 0.1) is 0 Å². The van der Waals surface area contributed by atoms with Gasteiger partial charge in [-0.1, -0.05) is 31.9 Å². The van der Waals surface area contributed by atoms with E-state index in [1.807, 2.05) is 0 Å². The van der Waals surface area contributed by atoms with Gasteiger partial charge in [-0.2, -0.15) is 0 Å². The fraction of sp³-hybridized carbons (Fsp3) is 0.500. The summed E-state index contributed by atoms with van der Waals surface area (Å²) in [6.45, 7) is 0. The van der Waals surface area contributed by atoms with Crippen molar-refractivity contribution in [3.8, 4) is 0 Å². The predicted molar refractivity (Wildman–Crippen MR) is 78.3 cm³/mol. The van der Waals surface area contributed by atoms with Crippen LogP contribution in [0.15, 0.2) is 11.5 Å². The highest BCUT2D eigenvalue weighted by atomic mass is 79.9. The van der Waals surface area contributed by atoms with Crippen molar-refractivity contribution in [2.45, 2.75) is 15.2 Å². The molecule has 1 saturated heterocycles. The van der Waals surface area contributed by atoms with Crippen LogP contribution in [-0.2, 0) is 19.1 Å². The Labute approximate surface area is 135 Å². The van der Waals surface area contributed by atoms with E-state index in [4.69, 9.17) is 4.74 Å². The quantitative estimate of drug-likeness (QED) is 0.497. The molecule has 0 radical (unpaired) electrons. The van der Waals surface area contributed by atoms with E-state index in [1.165, 1.54) is 18.9 Å². The SMILES string of the molecule is COC1=C(C(=O)O)N2C(=O)[C@@H](NC(=O)C(Br)Br)[C@H]2SC1. The molecule has 110 valence electrons. The summed E-state index contributed by atoms with van der Waals surface area (Å²) in [5.74, 6) is -1.48. The minimum Gasteiger partial charge on any atom is -0.498 e. The van der Waals surface area contributed by atoms with E-state index in [0.717, 1.165) is 4.90 Å². The number of rotatable bonds is 4. The molecule has 2 aliphatic rings. The zero-order valence-corrected chi connectivity index (χ0v) is 14.1. The van der Waals surface area contributed by atoms with Gasteiger partial charge in [-0.05, 0) is 0 Å². The molecule has 0 aromatic heterocycles. The normalized spacial score (nSPS) is 25.2. The van der Waals surface area contributed by atoms with Gasteiger partial charge in [0.1, 0.15) is 20.9 Å². The number of nitrogens with one attached hydrogen (secondary N) is 1. The number of carbonyl (C=O) groups is 3. The second-order valence-corrected chi connectivity index (χ2v) is 8.14. The Balaban J connectivity index is 2.19. The number of fused-ring (bicyclic) bond motifs is 1. The molecule has 0 saturated carbocycles. The summed E-state index contributed by atoms with van der Waals surface area (Å²) in [6.07, 6.45) is 0. The number of alkyl halides is 2. The molecule has 0 aliphatic carbocycles. The first-order valence-electron chi connectivity index (χ1n) is 5.42. The number of hydrogen-bond donors (Lipinski definition) is 2. The Hall–Kier alpha value is -0.740. The van der Waals surface area contributed by atoms with Gasteiger partial charge in [0.2, 0.25) is 5.91 Å². The van der Waals surface area contributed by atoms with Gasteiger partial charge in [0.15, 0.2) is 5.70 Å². The molecule has 10 heteroatoms. The topological polar surface area (TPSA) is 95.9 Å². The van der Waals surface area contributed by atoms with Gasteiger partial charge in [0.05, 0.1) is 12.9 Å². The summed E-state index contributed by atoms with van der Waals surface area (Å²) in [7, 11) is 1.36. The van der Waals surface area contributed by atoms with Crippen molar-refractivity contribution in [1.82, 2.24) is 10.2 Å². The molecule has 2 rings (SSSR count). The highest BCUT2D eigenvalue weighted by molar-refractivity contribution is 9.25. The number of carboxylic acid groups (broad SMARTS) is 1. The maximum absolute atomic E-state index is 12.0. The van der Waals surface area contributed by atoms with Crippen molar-refractivity contribution in [3.63, 3.8) is 0 Å². The van der Waals surface area contributed by atoms with E-state index in [0.29, 0.717) is 5.75 Å². The molecule has 0 unspecified atom stereocenters. The highest BCUT2D eigenvalue weighted by Gasteiger charge is 2.54. The smallest absolute Gasteiger partial charge is 0.356 e. The van der Waals surface area contributed by atoms with Crippen molar-refractivity contribution in [2.24, 2.45) is 0 Å². The number of amides is 2. The van der Waals surface area contributed by atoms with Crippen LogP contribution in [0.4, 0.5) is 0 Å². The van der Waals surface area contributed by atoms with Crippen molar-refractivity contribution < 1.29 is 24.2 Å². The van der Waals surface area contributed by atoms with E-state index in [2.05, 4.69) is 37.2 Å². The lowest BCUT2D eigenvalue weighted by Crippen LogP contribution is -2.71. The van der Waals surface area contributed by atoms with Gasteiger partial charge in [-0.3, -0.25) is 14.5 Å². The van der Waals surface area contributed by atoms with Gasteiger partial charge in [0, 0.05) is 0 Å². The van der Waals surface area contributed by atoms with Crippen LogP contribution in [0.5, 0.6) is 0 Å². The number of ether oxygens (including phenoxy) is 1. The number of carbonyl (C=O) groups excluding carboxylic acids is 2. The van der Waals surface area contributed by atoms with Crippen LogP contribution >= 0.6 is 43.6 Å². The molecule has 0 bridgehead atoms. The van der Waals surface area contributed by atoms with Gasteiger partial charge < -0.3 is 15.2 Å². The number of aliphatic carboxylic acids is 1. The van der Waals surface area contributed by atoms with E-state index < -0.39 is 27.0 Å². The second-order valence-electron chi connectivity index (χ2n) is 3.98. The molecular weight excluding hydrogens is 420 g/mol. The van der Waals surface area contributed by atoms with Gasteiger partial charge >= 0.3 is 5.97 Å². The molecule has 1 fully saturated rings. The fourth-order valence-corrected chi connectivity index (χ4v) is 3.54. The highest BCUT2D eigenvalue weighted by Crippen LogP contribution is 2.40. The van der Waals surface area contributed by atoms with Gasteiger partial charge in [-0.25, -0.2) is 4.79 Å². The average Bonchev–Trinajstić information content (AvgIpc) is 2.42. The Kier molecular flexibility index (Phi) is 4.65. The molecule has 0 aromatic rings. The fourth-order valence-electron chi connectivity index (χ4n) is 1.96. The summed E-state index contributed by atoms with van der Waals surface area (Å²) in [5.41, 5.74) is -0.152.